The van der Waals surface area contributed by atoms with Crippen molar-refractivity contribution >= 4 is 23.5 Å². The van der Waals surface area contributed by atoms with Gasteiger partial charge in [0.1, 0.15) is 0 Å². The van der Waals surface area contributed by atoms with Gasteiger partial charge in [-0.3, -0.25) is 14.6 Å². The lowest BCUT2D eigenvalue weighted by molar-refractivity contribution is -0.119. The number of nitrogens with zero attached hydrogens (tertiary/aromatic N) is 1. The first-order valence-electron chi connectivity index (χ1n) is 6.79. The predicted octanol–water partition coefficient (Wildman–Crippen LogP) is 1.24. The number of pyridine rings is 1. The van der Waals surface area contributed by atoms with E-state index in [0.717, 1.165) is 0 Å². The molecule has 0 aliphatic heterocycles. The first-order valence-corrected chi connectivity index (χ1v) is 6.79. The van der Waals surface area contributed by atoms with Crippen LogP contribution < -0.4 is 10.6 Å². The van der Waals surface area contributed by atoms with Crippen LogP contribution in [-0.2, 0) is 9.53 Å². The third-order valence-corrected chi connectivity index (χ3v) is 2.91. The average Bonchev–Trinajstić information content (AvgIpc) is 2.60. The maximum atomic E-state index is 11.7. The van der Waals surface area contributed by atoms with Gasteiger partial charge in [-0.1, -0.05) is 0 Å². The molecule has 1 aromatic heterocycles. The van der Waals surface area contributed by atoms with Crippen molar-refractivity contribution in [3.05, 3.63) is 59.9 Å². The molecule has 0 saturated heterocycles. The number of benzene rings is 1. The molecule has 0 atom stereocenters. The van der Waals surface area contributed by atoms with Crippen LogP contribution in [0.5, 0.6) is 0 Å². The number of aromatic nitrogens is 1. The lowest BCUT2D eigenvalue weighted by atomic mass is 10.2. The van der Waals surface area contributed by atoms with Crippen LogP contribution in [0, 0.1) is 0 Å². The van der Waals surface area contributed by atoms with Crippen LogP contribution in [0.3, 0.4) is 0 Å². The minimum absolute atomic E-state index is 0.214. The summed E-state index contributed by atoms with van der Waals surface area (Å²) in [5, 5.41) is 5.07. The molecule has 7 heteroatoms. The molecular weight excluding hydrogens is 298 g/mol. The summed E-state index contributed by atoms with van der Waals surface area (Å²) in [6, 6.07) is 9.34. The highest BCUT2D eigenvalue weighted by atomic mass is 16.5. The molecule has 0 aliphatic rings. The normalized spacial score (nSPS) is 9.78. The molecule has 2 amide bonds. The smallest absolute Gasteiger partial charge is 0.338 e. The number of rotatable bonds is 5. The molecule has 0 radical (unpaired) electrons. The van der Waals surface area contributed by atoms with Gasteiger partial charge < -0.3 is 15.4 Å². The van der Waals surface area contributed by atoms with E-state index in [1.54, 1.807) is 24.3 Å². The molecule has 23 heavy (non-hydrogen) atoms. The number of anilines is 1. The van der Waals surface area contributed by atoms with Crippen molar-refractivity contribution in [1.29, 1.82) is 0 Å². The summed E-state index contributed by atoms with van der Waals surface area (Å²) < 4.78 is 4.90. The third kappa shape index (κ3) is 4.63. The Morgan fingerprint density at radius 2 is 1.65 bits per heavy atom. The monoisotopic (exact) mass is 313 g/mol. The van der Waals surface area contributed by atoms with Crippen LogP contribution in [0.15, 0.2) is 48.8 Å². The standard InChI is InChI=1S/C16H15N3O4/c1-17-15(21)11-2-4-13(5-3-11)19-14(20)10-23-16(22)12-6-8-18-9-7-12/h2-9H,10H2,1H3,(H,17,21)(H,19,20). The largest absolute Gasteiger partial charge is 0.452 e. The van der Waals surface area contributed by atoms with Gasteiger partial charge in [-0.25, -0.2) is 4.79 Å². The summed E-state index contributed by atoms with van der Waals surface area (Å²) in [4.78, 5) is 38.6. The van der Waals surface area contributed by atoms with Crippen molar-refractivity contribution in [3.8, 4) is 0 Å². The Bertz CT molecular complexity index is 699. The van der Waals surface area contributed by atoms with E-state index < -0.39 is 18.5 Å². The van der Waals surface area contributed by atoms with Crippen LogP contribution in [0.25, 0.3) is 0 Å². The van der Waals surface area contributed by atoms with Gasteiger partial charge in [-0.15, -0.1) is 0 Å². The maximum absolute atomic E-state index is 11.7. The van der Waals surface area contributed by atoms with E-state index >= 15 is 0 Å². The summed E-state index contributed by atoms with van der Waals surface area (Å²) >= 11 is 0. The quantitative estimate of drug-likeness (QED) is 0.809. The second kappa shape index (κ2) is 7.69. The number of amides is 2. The van der Waals surface area contributed by atoms with Gasteiger partial charge in [0.25, 0.3) is 11.8 Å². The van der Waals surface area contributed by atoms with Gasteiger partial charge in [0.05, 0.1) is 5.56 Å². The Balaban J connectivity index is 1.85. The van der Waals surface area contributed by atoms with E-state index in [1.807, 2.05) is 0 Å². The Kier molecular flexibility index (Phi) is 5.40. The van der Waals surface area contributed by atoms with Crippen LogP contribution in [0.4, 0.5) is 5.69 Å². The van der Waals surface area contributed by atoms with Crippen molar-refractivity contribution in [2.24, 2.45) is 0 Å². The Hall–Kier alpha value is -3.22. The summed E-state index contributed by atoms with van der Waals surface area (Å²) in [5.41, 5.74) is 1.31. The van der Waals surface area contributed by atoms with Crippen LogP contribution >= 0.6 is 0 Å². The van der Waals surface area contributed by atoms with Crippen LogP contribution in [-0.4, -0.2) is 36.4 Å². The van der Waals surface area contributed by atoms with Gasteiger partial charge in [0, 0.05) is 30.7 Å². The molecule has 0 saturated carbocycles. The van der Waals surface area contributed by atoms with Crippen molar-refractivity contribution in [3.63, 3.8) is 0 Å². The zero-order valence-corrected chi connectivity index (χ0v) is 12.4. The Morgan fingerprint density at radius 1 is 1.00 bits per heavy atom. The summed E-state index contributed by atoms with van der Waals surface area (Å²) in [7, 11) is 1.54. The van der Waals surface area contributed by atoms with E-state index in [9.17, 15) is 14.4 Å². The lowest BCUT2D eigenvalue weighted by Crippen LogP contribution is -2.21. The van der Waals surface area contributed by atoms with Crippen molar-refractivity contribution in [2.45, 2.75) is 0 Å². The Labute approximate surface area is 132 Å². The SMILES string of the molecule is CNC(=O)c1ccc(NC(=O)COC(=O)c2ccncc2)cc1. The molecule has 1 heterocycles. The summed E-state index contributed by atoms with van der Waals surface area (Å²) in [6.07, 6.45) is 2.93. The van der Waals surface area contributed by atoms with Crippen LogP contribution in [0.1, 0.15) is 20.7 Å². The molecule has 0 spiro atoms. The molecule has 2 rings (SSSR count). The highest BCUT2D eigenvalue weighted by molar-refractivity contribution is 5.97. The zero-order valence-electron chi connectivity index (χ0n) is 12.4. The van der Waals surface area contributed by atoms with E-state index in [-0.39, 0.29) is 5.91 Å². The van der Waals surface area contributed by atoms with Gasteiger partial charge in [0.2, 0.25) is 0 Å². The molecule has 7 nitrogen and oxygen atoms in total. The minimum Gasteiger partial charge on any atom is -0.452 e. The number of carbonyl (C=O) groups excluding carboxylic acids is 3. The molecule has 0 bridgehead atoms. The molecule has 0 unspecified atom stereocenters. The number of hydrogen-bond donors (Lipinski definition) is 2. The third-order valence-electron chi connectivity index (χ3n) is 2.91. The fourth-order valence-electron chi connectivity index (χ4n) is 1.75. The van der Waals surface area contributed by atoms with E-state index in [4.69, 9.17) is 4.74 Å². The molecule has 0 fully saturated rings. The number of carbonyl (C=O) groups is 3. The van der Waals surface area contributed by atoms with Crippen molar-refractivity contribution in [1.82, 2.24) is 10.3 Å². The zero-order chi connectivity index (χ0) is 16.7. The predicted molar refractivity (Wildman–Crippen MR) is 83.0 cm³/mol. The first kappa shape index (κ1) is 16.2. The van der Waals surface area contributed by atoms with E-state index in [1.165, 1.54) is 31.6 Å². The van der Waals surface area contributed by atoms with Gasteiger partial charge in [-0.05, 0) is 36.4 Å². The molecule has 0 aliphatic carbocycles. The summed E-state index contributed by atoms with van der Waals surface area (Å²) in [5.74, 6) is -1.29. The number of hydrogen-bond acceptors (Lipinski definition) is 5. The highest BCUT2D eigenvalue weighted by Crippen LogP contribution is 2.09. The molecular formula is C16H15N3O4. The molecule has 118 valence electrons. The van der Waals surface area contributed by atoms with Crippen LogP contribution in [0.2, 0.25) is 0 Å². The van der Waals surface area contributed by atoms with E-state index in [0.29, 0.717) is 16.8 Å². The van der Waals surface area contributed by atoms with Gasteiger partial charge in [-0.2, -0.15) is 0 Å². The number of ether oxygens (including phenoxy) is 1. The van der Waals surface area contributed by atoms with Gasteiger partial charge in [0.15, 0.2) is 6.61 Å². The second-order valence-corrected chi connectivity index (χ2v) is 4.52. The highest BCUT2D eigenvalue weighted by Gasteiger charge is 2.10. The topological polar surface area (TPSA) is 97.4 Å². The average molecular weight is 313 g/mol. The Morgan fingerprint density at radius 3 is 2.26 bits per heavy atom. The second-order valence-electron chi connectivity index (χ2n) is 4.52. The lowest BCUT2D eigenvalue weighted by Gasteiger charge is -2.07. The van der Waals surface area contributed by atoms with E-state index in [2.05, 4.69) is 15.6 Å². The fourth-order valence-corrected chi connectivity index (χ4v) is 1.75. The fraction of sp³-hybridized carbons (Fsp3) is 0.125. The van der Waals surface area contributed by atoms with Crippen molar-refractivity contribution < 1.29 is 19.1 Å². The molecule has 1 aromatic carbocycles. The molecule has 2 N–H and O–H groups in total. The number of esters is 1. The molecule has 2 aromatic rings. The minimum atomic E-state index is -0.600. The maximum Gasteiger partial charge on any atom is 0.338 e. The van der Waals surface area contributed by atoms with Gasteiger partial charge >= 0.3 is 5.97 Å². The summed E-state index contributed by atoms with van der Waals surface area (Å²) in [6.45, 7) is -0.404. The van der Waals surface area contributed by atoms with Crippen molar-refractivity contribution in [2.75, 3.05) is 19.0 Å². The first-order chi connectivity index (χ1) is 11.1. The number of nitrogens with one attached hydrogen (secondary N) is 2.